The molecule has 35 heavy (non-hydrogen) atoms. The van der Waals surface area contributed by atoms with Crippen LogP contribution in [-0.4, -0.2) is 74.0 Å². The Morgan fingerprint density at radius 1 is 1.11 bits per heavy atom. The van der Waals surface area contributed by atoms with E-state index in [1.54, 1.807) is 16.7 Å². The molecule has 4 aromatic rings. The van der Waals surface area contributed by atoms with Gasteiger partial charge in [-0.1, -0.05) is 22.9 Å². The Hall–Kier alpha value is -4.32. The quantitative estimate of drug-likeness (QED) is 0.303. The molecule has 1 aliphatic rings. The Bertz CT molecular complexity index is 1430. The van der Waals surface area contributed by atoms with Crippen LogP contribution in [0.25, 0.3) is 16.9 Å². The summed E-state index contributed by atoms with van der Waals surface area (Å²) >= 11 is 5.87. The molecule has 0 radical (unpaired) electrons. The predicted octanol–water partition coefficient (Wildman–Crippen LogP) is 2.74. The van der Waals surface area contributed by atoms with Crippen molar-refractivity contribution in [3.8, 4) is 11.4 Å². The first-order chi connectivity index (χ1) is 17.0. The van der Waals surface area contributed by atoms with Gasteiger partial charge in [-0.2, -0.15) is 4.68 Å². The van der Waals surface area contributed by atoms with Crippen LogP contribution in [0.4, 0.5) is 11.5 Å². The van der Waals surface area contributed by atoms with Gasteiger partial charge in [0, 0.05) is 43.9 Å². The number of halogens is 1. The van der Waals surface area contributed by atoms with E-state index >= 15 is 0 Å². The molecule has 0 bridgehead atoms. The van der Waals surface area contributed by atoms with Gasteiger partial charge >= 0.3 is 0 Å². The van der Waals surface area contributed by atoms with Crippen LogP contribution in [0.2, 0.25) is 5.02 Å². The van der Waals surface area contributed by atoms with Crippen molar-refractivity contribution in [3.63, 3.8) is 0 Å². The van der Waals surface area contributed by atoms with Crippen molar-refractivity contribution in [3.05, 3.63) is 69.5 Å². The van der Waals surface area contributed by atoms with Crippen molar-refractivity contribution >= 4 is 40.2 Å². The van der Waals surface area contributed by atoms with Gasteiger partial charge < -0.3 is 14.5 Å². The standard InChI is InChI=1S/C22H19ClN8O4/c1-35-16-4-2-3-15(12-16)30-21-19(26-27-30)20(24-13-25-21)28-7-9-29(10-8-28)22(32)14-5-6-17(23)18(11-14)31(33)34/h2-6,11-13H,7-10H2,1H3. The van der Waals surface area contributed by atoms with Gasteiger partial charge in [0.2, 0.25) is 0 Å². The van der Waals surface area contributed by atoms with E-state index in [-0.39, 0.29) is 22.2 Å². The van der Waals surface area contributed by atoms with Gasteiger partial charge in [0.1, 0.15) is 17.1 Å². The van der Waals surface area contributed by atoms with Crippen LogP contribution in [0.5, 0.6) is 5.75 Å². The van der Waals surface area contributed by atoms with E-state index in [1.807, 2.05) is 29.2 Å². The number of nitrogens with zero attached hydrogens (tertiary/aromatic N) is 8. The molecule has 0 saturated carbocycles. The molecule has 1 aliphatic heterocycles. The molecule has 13 heteroatoms. The number of piperazine rings is 1. The second-order valence-electron chi connectivity index (χ2n) is 7.77. The number of hydrogen-bond acceptors (Lipinski definition) is 9. The Labute approximate surface area is 203 Å². The minimum Gasteiger partial charge on any atom is -0.497 e. The normalized spacial score (nSPS) is 13.8. The Kier molecular flexibility index (Phi) is 5.87. The van der Waals surface area contributed by atoms with Gasteiger partial charge in [-0.05, 0) is 24.3 Å². The largest absolute Gasteiger partial charge is 0.497 e. The summed E-state index contributed by atoms with van der Waals surface area (Å²) in [6.07, 6.45) is 1.46. The van der Waals surface area contributed by atoms with Crippen LogP contribution >= 0.6 is 11.6 Å². The van der Waals surface area contributed by atoms with Crippen molar-refractivity contribution in [2.45, 2.75) is 0 Å². The van der Waals surface area contributed by atoms with E-state index in [4.69, 9.17) is 16.3 Å². The lowest BCUT2D eigenvalue weighted by Crippen LogP contribution is -2.49. The molecule has 2 aromatic heterocycles. The molecular formula is C22H19ClN8O4. The molecule has 1 saturated heterocycles. The lowest BCUT2D eigenvalue weighted by atomic mass is 10.1. The average Bonchev–Trinajstić information content (AvgIpc) is 3.33. The van der Waals surface area contributed by atoms with Crippen molar-refractivity contribution in [1.29, 1.82) is 0 Å². The lowest BCUT2D eigenvalue weighted by Gasteiger charge is -2.35. The van der Waals surface area contributed by atoms with Crippen LogP contribution < -0.4 is 9.64 Å². The molecule has 1 fully saturated rings. The van der Waals surface area contributed by atoms with Gasteiger partial charge in [0.25, 0.3) is 11.6 Å². The number of hydrogen-bond donors (Lipinski definition) is 0. The highest BCUT2D eigenvalue weighted by atomic mass is 35.5. The molecule has 2 aromatic carbocycles. The fourth-order valence-electron chi connectivity index (χ4n) is 3.97. The zero-order chi connectivity index (χ0) is 24.5. The number of amides is 1. The minimum absolute atomic E-state index is 0.00820. The number of nitro benzene ring substituents is 1. The van der Waals surface area contributed by atoms with Crippen molar-refractivity contribution in [2.24, 2.45) is 0 Å². The predicted molar refractivity (Wildman–Crippen MR) is 127 cm³/mol. The summed E-state index contributed by atoms with van der Waals surface area (Å²) in [4.78, 5) is 36.0. The third-order valence-corrected chi connectivity index (χ3v) is 6.09. The number of anilines is 1. The first-order valence-corrected chi connectivity index (χ1v) is 11.0. The monoisotopic (exact) mass is 494 g/mol. The zero-order valence-corrected chi connectivity index (χ0v) is 19.3. The number of fused-ring (bicyclic) bond motifs is 1. The highest BCUT2D eigenvalue weighted by Crippen LogP contribution is 2.27. The van der Waals surface area contributed by atoms with E-state index < -0.39 is 4.92 Å². The molecule has 0 aliphatic carbocycles. The Balaban J connectivity index is 1.35. The molecule has 0 unspecified atom stereocenters. The SMILES string of the molecule is COc1cccc(-n2nnc3c(N4CCN(C(=O)c5ccc(Cl)c([N+](=O)[O-])c5)CC4)ncnc32)c1. The smallest absolute Gasteiger partial charge is 0.288 e. The Morgan fingerprint density at radius 2 is 1.91 bits per heavy atom. The van der Waals surface area contributed by atoms with Crippen LogP contribution in [0.1, 0.15) is 10.4 Å². The summed E-state index contributed by atoms with van der Waals surface area (Å²) < 4.78 is 6.92. The topological polar surface area (TPSA) is 132 Å². The number of ether oxygens (including phenoxy) is 1. The number of benzene rings is 2. The average molecular weight is 495 g/mol. The fraction of sp³-hybridized carbons (Fsp3) is 0.227. The summed E-state index contributed by atoms with van der Waals surface area (Å²) in [6.45, 7) is 1.81. The molecule has 3 heterocycles. The number of methoxy groups -OCH3 is 1. The van der Waals surface area contributed by atoms with E-state index in [1.165, 1.54) is 24.5 Å². The number of carbonyl (C=O) groups excluding carboxylic acids is 1. The highest BCUT2D eigenvalue weighted by Gasteiger charge is 2.27. The van der Waals surface area contributed by atoms with Gasteiger partial charge in [0.05, 0.1) is 17.7 Å². The molecular weight excluding hydrogens is 476 g/mol. The first kappa shape index (κ1) is 22.5. The number of rotatable bonds is 5. The molecule has 178 valence electrons. The van der Waals surface area contributed by atoms with Crippen LogP contribution in [0.15, 0.2) is 48.8 Å². The molecule has 12 nitrogen and oxygen atoms in total. The van der Waals surface area contributed by atoms with E-state index in [2.05, 4.69) is 20.3 Å². The number of carbonyl (C=O) groups is 1. The van der Waals surface area contributed by atoms with E-state index in [0.717, 1.165) is 5.69 Å². The maximum absolute atomic E-state index is 12.9. The zero-order valence-electron chi connectivity index (χ0n) is 18.5. The summed E-state index contributed by atoms with van der Waals surface area (Å²) in [7, 11) is 1.59. The second-order valence-corrected chi connectivity index (χ2v) is 8.18. The van der Waals surface area contributed by atoms with Gasteiger partial charge in [-0.15, -0.1) is 5.10 Å². The first-order valence-electron chi connectivity index (χ1n) is 10.7. The maximum atomic E-state index is 12.9. The molecule has 1 amide bonds. The fourth-order valence-corrected chi connectivity index (χ4v) is 4.16. The van der Waals surface area contributed by atoms with Gasteiger partial charge in [0.15, 0.2) is 17.0 Å². The van der Waals surface area contributed by atoms with Crippen LogP contribution in [-0.2, 0) is 0 Å². The van der Waals surface area contributed by atoms with Gasteiger partial charge in [-0.3, -0.25) is 14.9 Å². The molecule has 5 rings (SSSR count). The number of nitro groups is 1. The minimum atomic E-state index is -0.601. The van der Waals surface area contributed by atoms with E-state index in [0.29, 0.717) is 48.9 Å². The third-order valence-electron chi connectivity index (χ3n) is 5.77. The highest BCUT2D eigenvalue weighted by molar-refractivity contribution is 6.32. The van der Waals surface area contributed by atoms with Crippen molar-refractivity contribution in [1.82, 2.24) is 29.9 Å². The van der Waals surface area contributed by atoms with Crippen molar-refractivity contribution < 1.29 is 14.5 Å². The van der Waals surface area contributed by atoms with E-state index in [9.17, 15) is 14.9 Å². The second kappa shape index (κ2) is 9.14. The van der Waals surface area contributed by atoms with Gasteiger partial charge in [-0.25, -0.2) is 9.97 Å². The lowest BCUT2D eigenvalue weighted by molar-refractivity contribution is -0.384. The molecule has 0 atom stereocenters. The van der Waals surface area contributed by atoms with Crippen molar-refractivity contribution in [2.75, 3.05) is 38.2 Å². The summed E-state index contributed by atoms with van der Waals surface area (Å²) in [6, 6.07) is 11.5. The Morgan fingerprint density at radius 3 is 2.66 bits per heavy atom. The molecule has 0 spiro atoms. The maximum Gasteiger partial charge on any atom is 0.288 e. The van der Waals surface area contributed by atoms with Crippen LogP contribution in [0, 0.1) is 10.1 Å². The third kappa shape index (κ3) is 4.19. The summed E-state index contributed by atoms with van der Waals surface area (Å²) in [5, 5.41) is 19.7. The van der Waals surface area contributed by atoms with Crippen LogP contribution in [0.3, 0.4) is 0 Å². The number of aromatic nitrogens is 5. The molecule has 0 N–H and O–H groups in total. The summed E-state index contributed by atoms with van der Waals surface area (Å²) in [5.74, 6) is 1.02. The summed E-state index contributed by atoms with van der Waals surface area (Å²) in [5.41, 5.74) is 1.78.